The molecule has 0 spiro atoms. The van der Waals surface area contributed by atoms with E-state index in [1.165, 1.54) is 13.8 Å². The normalized spacial score (nSPS) is 10.5. The summed E-state index contributed by atoms with van der Waals surface area (Å²) in [7, 11) is 1.26. The zero-order valence-electron chi connectivity index (χ0n) is 6.16. The predicted molar refractivity (Wildman–Crippen MR) is 48.5 cm³/mol. The van der Waals surface area contributed by atoms with Crippen LogP contribution in [0.25, 0.3) is 0 Å². The van der Waals surface area contributed by atoms with E-state index in [1.54, 1.807) is 0 Å². The standard InChI is InChI=1S/C4H9O4P3/c1-3(5)7-11(10-9)8-4(2)6/h10H,9H2,1-2H3. The summed E-state index contributed by atoms with van der Waals surface area (Å²) in [5.74, 6) is -0.848. The van der Waals surface area contributed by atoms with Crippen molar-refractivity contribution in [2.24, 2.45) is 0 Å². The summed E-state index contributed by atoms with van der Waals surface area (Å²) in [5.41, 5.74) is 0. The fourth-order valence-electron chi connectivity index (χ4n) is 0.305. The van der Waals surface area contributed by atoms with Crippen molar-refractivity contribution in [3.63, 3.8) is 0 Å². The Morgan fingerprint density at radius 1 is 1.27 bits per heavy atom. The summed E-state index contributed by atoms with van der Waals surface area (Å²) < 4.78 is 9.37. The summed E-state index contributed by atoms with van der Waals surface area (Å²) in [5, 5.41) is 0. The Bertz CT molecular complexity index is 143. The molecule has 4 nitrogen and oxygen atoms in total. The van der Waals surface area contributed by atoms with Crippen LogP contribution in [0.2, 0.25) is 0 Å². The van der Waals surface area contributed by atoms with Gasteiger partial charge in [0, 0.05) is 21.8 Å². The first-order chi connectivity index (χ1) is 5.06. The van der Waals surface area contributed by atoms with Gasteiger partial charge in [0.1, 0.15) is 0 Å². The zero-order valence-corrected chi connectivity index (χ0v) is 9.21. The third-order valence-electron chi connectivity index (χ3n) is 0.528. The highest BCUT2D eigenvalue weighted by Crippen LogP contribution is 2.61. The predicted octanol–water partition coefficient (Wildman–Crippen LogP) is 1.81. The second kappa shape index (κ2) is 5.83. The molecule has 0 aliphatic rings. The number of carbonyl (C=O) groups excluding carboxylic acids is 2. The molecule has 0 rings (SSSR count). The Morgan fingerprint density at radius 2 is 1.64 bits per heavy atom. The average Bonchev–Trinajstić information content (AvgIpc) is 1.84. The van der Waals surface area contributed by atoms with Crippen molar-refractivity contribution in [3.8, 4) is 0 Å². The van der Waals surface area contributed by atoms with Gasteiger partial charge in [-0.1, -0.05) is 0 Å². The smallest absolute Gasteiger partial charge is 0.319 e. The highest BCUT2D eigenvalue weighted by Gasteiger charge is 2.13. The first-order valence-electron chi connectivity index (χ1n) is 2.69. The van der Waals surface area contributed by atoms with Gasteiger partial charge in [-0.25, -0.2) is 0 Å². The van der Waals surface area contributed by atoms with Crippen LogP contribution in [0.1, 0.15) is 13.8 Å². The molecule has 0 radical (unpaired) electrons. The molecular formula is C4H9O4P3. The van der Waals surface area contributed by atoms with Crippen molar-refractivity contribution in [2.75, 3.05) is 0 Å². The second-order valence-electron chi connectivity index (χ2n) is 1.55. The number of rotatable bonds is 3. The molecular weight excluding hydrogens is 205 g/mol. The fraction of sp³-hybridized carbons (Fsp3) is 0.500. The Hall–Kier alpha value is 0.230. The highest BCUT2D eigenvalue weighted by molar-refractivity contribution is 8.42. The molecule has 11 heavy (non-hydrogen) atoms. The Balaban J connectivity index is 3.76. The third-order valence-corrected chi connectivity index (χ3v) is 4.66. The van der Waals surface area contributed by atoms with E-state index in [-0.39, 0.29) is 7.96 Å². The van der Waals surface area contributed by atoms with E-state index in [2.05, 4.69) is 18.0 Å². The fourth-order valence-corrected chi connectivity index (χ4v) is 2.95. The van der Waals surface area contributed by atoms with Crippen LogP contribution in [0.5, 0.6) is 0 Å². The summed E-state index contributed by atoms with van der Waals surface area (Å²) in [4.78, 5) is 20.8. The minimum atomic E-state index is -1.35. The van der Waals surface area contributed by atoms with Gasteiger partial charge >= 0.3 is 20.0 Å². The van der Waals surface area contributed by atoms with Gasteiger partial charge < -0.3 is 9.05 Å². The molecule has 7 heteroatoms. The minimum absolute atomic E-state index is 0.230. The van der Waals surface area contributed by atoms with E-state index < -0.39 is 20.0 Å². The van der Waals surface area contributed by atoms with Crippen LogP contribution in [-0.4, -0.2) is 11.9 Å². The van der Waals surface area contributed by atoms with Crippen LogP contribution in [0.4, 0.5) is 0 Å². The van der Waals surface area contributed by atoms with Crippen molar-refractivity contribution in [1.82, 2.24) is 0 Å². The summed E-state index contributed by atoms with van der Waals surface area (Å²) >= 11 is 0. The van der Waals surface area contributed by atoms with Gasteiger partial charge in [0.25, 0.3) is 0 Å². The van der Waals surface area contributed by atoms with Gasteiger partial charge in [-0.3, -0.25) is 9.59 Å². The zero-order chi connectivity index (χ0) is 8.85. The first-order valence-corrected chi connectivity index (χ1v) is 7.52. The van der Waals surface area contributed by atoms with E-state index in [9.17, 15) is 9.59 Å². The SMILES string of the molecule is CC(=O)OP(OC(C)=O)PP. The summed E-state index contributed by atoms with van der Waals surface area (Å²) in [6.07, 6.45) is 0. The van der Waals surface area contributed by atoms with Crippen molar-refractivity contribution in [1.29, 1.82) is 0 Å². The quantitative estimate of drug-likeness (QED) is 0.672. The maximum Gasteiger partial charge on any atom is 0.319 e. The van der Waals surface area contributed by atoms with Crippen molar-refractivity contribution >= 4 is 36.9 Å². The molecule has 2 unspecified atom stereocenters. The van der Waals surface area contributed by atoms with Gasteiger partial charge in [0.2, 0.25) is 0 Å². The Labute approximate surface area is 70.1 Å². The first kappa shape index (κ1) is 11.2. The molecule has 0 aliphatic carbocycles. The molecule has 0 aromatic rings. The Kier molecular flexibility index (Phi) is 5.95. The lowest BCUT2D eigenvalue weighted by Gasteiger charge is -2.11. The van der Waals surface area contributed by atoms with Crippen LogP contribution in [0.15, 0.2) is 0 Å². The molecule has 64 valence electrons. The van der Waals surface area contributed by atoms with Gasteiger partial charge in [0.05, 0.1) is 0 Å². The minimum Gasteiger partial charge on any atom is -0.404 e. The van der Waals surface area contributed by atoms with Crippen LogP contribution < -0.4 is 0 Å². The molecule has 0 aromatic carbocycles. The molecule has 0 saturated carbocycles. The lowest BCUT2D eigenvalue weighted by molar-refractivity contribution is -0.134. The second-order valence-corrected chi connectivity index (χ2v) is 6.88. The highest BCUT2D eigenvalue weighted by atomic mass is 32.4. The van der Waals surface area contributed by atoms with Crippen LogP contribution >= 0.6 is 25.0 Å². The molecule has 0 fully saturated rings. The maximum atomic E-state index is 10.4. The molecule has 0 bridgehead atoms. The van der Waals surface area contributed by atoms with Crippen molar-refractivity contribution < 1.29 is 18.6 Å². The lowest BCUT2D eigenvalue weighted by Crippen LogP contribution is -1.96. The largest absolute Gasteiger partial charge is 0.404 e. The van der Waals surface area contributed by atoms with Gasteiger partial charge in [-0.15, -0.1) is 8.93 Å². The van der Waals surface area contributed by atoms with Crippen LogP contribution in [0.3, 0.4) is 0 Å². The number of carbonyl (C=O) groups is 2. The van der Waals surface area contributed by atoms with Gasteiger partial charge in [-0.2, -0.15) is 0 Å². The number of hydrogen-bond donors (Lipinski definition) is 0. The molecule has 0 N–H and O–H groups in total. The van der Waals surface area contributed by atoms with E-state index in [1.807, 2.05) is 0 Å². The molecule has 0 aromatic heterocycles. The lowest BCUT2D eigenvalue weighted by atomic mass is 10.9. The van der Waals surface area contributed by atoms with E-state index >= 15 is 0 Å². The van der Waals surface area contributed by atoms with E-state index in [0.717, 1.165) is 0 Å². The molecule has 0 aliphatic heterocycles. The van der Waals surface area contributed by atoms with Gasteiger partial charge in [-0.05, 0) is 0 Å². The van der Waals surface area contributed by atoms with E-state index in [4.69, 9.17) is 0 Å². The third kappa shape index (κ3) is 6.62. The maximum absolute atomic E-state index is 10.4. The molecule has 0 saturated heterocycles. The van der Waals surface area contributed by atoms with Crippen molar-refractivity contribution in [2.45, 2.75) is 13.8 Å². The van der Waals surface area contributed by atoms with Crippen molar-refractivity contribution in [3.05, 3.63) is 0 Å². The topological polar surface area (TPSA) is 52.6 Å². The van der Waals surface area contributed by atoms with E-state index in [0.29, 0.717) is 0 Å². The van der Waals surface area contributed by atoms with Crippen LogP contribution in [-0.2, 0) is 18.6 Å². The molecule has 0 amide bonds. The summed E-state index contributed by atoms with van der Waals surface area (Å²) in [6.45, 7) is 2.56. The van der Waals surface area contributed by atoms with Crippen LogP contribution in [0, 0.1) is 0 Å². The average molecular weight is 214 g/mol. The summed E-state index contributed by atoms with van der Waals surface area (Å²) in [6, 6.07) is 0. The van der Waals surface area contributed by atoms with Gasteiger partial charge in [0.15, 0.2) is 0 Å². The molecule has 2 atom stereocenters. The monoisotopic (exact) mass is 214 g/mol. The Morgan fingerprint density at radius 3 is 1.82 bits per heavy atom. The molecule has 0 heterocycles. The number of hydrogen-bond acceptors (Lipinski definition) is 4.